The van der Waals surface area contributed by atoms with Crippen LogP contribution in [0.15, 0.2) is 42.5 Å². The van der Waals surface area contributed by atoms with Crippen molar-refractivity contribution in [2.45, 2.75) is 20.8 Å². The molecule has 0 radical (unpaired) electrons. The molecule has 2 aromatic carbocycles. The van der Waals surface area contributed by atoms with Gasteiger partial charge in [-0.25, -0.2) is 0 Å². The van der Waals surface area contributed by atoms with Gasteiger partial charge in [0.05, 0.1) is 0 Å². The van der Waals surface area contributed by atoms with E-state index in [4.69, 9.17) is 4.74 Å². The predicted octanol–water partition coefficient (Wildman–Crippen LogP) is 3.46. The van der Waals surface area contributed by atoms with E-state index >= 15 is 0 Å². The van der Waals surface area contributed by atoms with E-state index in [1.165, 1.54) is 6.92 Å². The average molecular weight is 268 g/mol. The van der Waals surface area contributed by atoms with Crippen molar-refractivity contribution in [1.82, 2.24) is 0 Å². The Morgan fingerprint density at radius 3 is 2.20 bits per heavy atom. The molecule has 0 fully saturated rings. The van der Waals surface area contributed by atoms with E-state index < -0.39 is 0 Å². The lowest BCUT2D eigenvalue weighted by Gasteiger charge is -2.07. The fraction of sp³-hybridized carbons (Fsp3) is 0.176. The molecule has 0 saturated carbocycles. The molecule has 102 valence electrons. The molecule has 0 atom stereocenters. The summed E-state index contributed by atoms with van der Waals surface area (Å²) < 4.78 is 4.95. The molecule has 3 heteroatoms. The molecule has 20 heavy (non-hydrogen) atoms. The van der Waals surface area contributed by atoms with Gasteiger partial charge in [0, 0.05) is 18.1 Å². The first-order valence-electron chi connectivity index (χ1n) is 6.38. The second-order valence-electron chi connectivity index (χ2n) is 4.77. The van der Waals surface area contributed by atoms with Crippen LogP contribution in [-0.4, -0.2) is 11.8 Å². The number of carbonyl (C=O) groups excluding carboxylic acids is 2. The van der Waals surface area contributed by atoms with Gasteiger partial charge >= 0.3 is 5.97 Å². The highest BCUT2D eigenvalue weighted by atomic mass is 16.5. The van der Waals surface area contributed by atoms with Gasteiger partial charge in [-0.1, -0.05) is 17.7 Å². The Balaban J connectivity index is 2.29. The first kappa shape index (κ1) is 14.0. The van der Waals surface area contributed by atoms with E-state index in [9.17, 15) is 9.59 Å². The van der Waals surface area contributed by atoms with Crippen LogP contribution in [0.25, 0.3) is 0 Å². The van der Waals surface area contributed by atoms with Crippen molar-refractivity contribution in [2.75, 3.05) is 0 Å². The molecule has 0 heterocycles. The van der Waals surface area contributed by atoms with Crippen LogP contribution in [0, 0.1) is 13.8 Å². The monoisotopic (exact) mass is 268 g/mol. The Kier molecular flexibility index (Phi) is 3.99. The van der Waals surface area contributed by atoms with E-state index in [0.29, 0.717) is 16.9 Å². The van der Waals surface area contributed by atoms with Crippen molar-refractivity contribution in [1.29, 1.82) is 0 Å². The Morgan fingerprint density at radius 1 is 0.950 bits per heavy atom. The third kappa shape index (κ3) is 3.12. The number of carbonyl (C=O) groups is 2. The van der Waals surface area contributed by atoms with Crippen molar-refractivity contribution in [3.8, 4) is 5.75 Å². The van der Waals surface area contributed by atoms with E-state index in [2.05, 4.69) is 0 Å². The summed E-state index contributed by atoms with van der Waals surface area (Å²) in [6.45, 7) is 5.22. The summed E-state index contributed by atoms with van der Waals surface area (Å²) in [6.07, 6.45) is 0. The fourth-order valence-electron chi connectivity index (χ4n) is 1.98. The summed E-state index contributed by atoms with van der Waals surface area (Å²) in [6, 6.07) is 12.4. The van der Waals surface area contributed by atoms with Gasteiger partial charge in [-0.15, -0.1) is 0 Å². The van der Waals surface area contributed by atoms with Gasteiger partial charge in [0.15, 0.2) is 5.78 Å². The number of hydrogen-bond acceptors (Lipinski definition) is 3. The topological polar surface area (TPSA) is 43.4 Å². The van der Waals surface area contributed by atoms with Crippen LogP contribution in [0.3, 0.4) is 0 Å². The number of hydrogen-bond donors (Lipinski definition) is 0. The molecular weight excluding hydrogens is 252 g/mol. The number of ketones is 1. The fourth-order valence-corrected chi connectivity index (χ4v) is 1.98. The summed E-state index contributed by atoms with van der Waals surface area (Å²) in [7, 11) is 0. The maximum absolute atomic E-state index is 12.4. The van der Waals surface area contributed by atoms with Crippen molar-refractivity contribution in [3.05, 3.63) is 64.7 Å². The highest BCUT2D eigenvalue weighted by Gasteiger charge is 2.12. The smallest absolute Gasteiger partial charge is 0.308 e. The van der Waals surface area contributed by atoms with Gasteiger partial charge in [-0.05, 0) is 49.7 Å². The van der Waals surface area contributed by atoms with Gasteiger partial charge < -0.3 is 4.74 Å². The summed E-state index contributed by atoms with van der Waals surface area (Å²) in [5, 5.41) is 0. The second-order valence-corrected chi connectivity index (χ2v) is 4.77. The molecule has 0 N–H and O–H groups in total. The van der Waals surface area contributed by atoms with Crippen molar-refractivity contribution >= 4 is 11.8 Å². The van der Waals surface area contributed by atoms with Gasteiger partial charge in [0.25, 0.3) is 0 Å². The molecule has 0 aliphatic carbocycles. The van der Waals surface area contributed by atoms with Crippen LogP contribution in [0.4, 0.5) is 0 Å². The Bertz CT molecular complexity index is 654. The minimum Gasteiger partial charge on any atom is -0.427 e. The van der Waals surface area contributed by atoms with Gasteiger partial charge in [0.2, 0.25) is 0 Å². The van der Waals surface area contributed by atoms with Crippen molar-refractivity contribution < 1.29 is 14.3 Å². The Morgan fingerprint density at radius 2 is 1.60 bits per heavy atom. The average Bonchev–Trinajstić information content (AvgIpc) is 2.41. The molecule has 2 rings (SSSR count). The first-order valence-corrected chi connectivity index (χ1v) is 6.38. The normalized spacial score (nSPS) is 10.2. The third-order valence-electron chi connectivity index (χ3n) is 3.02. The molecule has 0 bridgehead atoms. The molecule has 0 amide bonds. The lowest BCUT2D eigenvalue weighted by atomic mass is 9.97. The number of benzene rings is 2. The molecule has 0 aliphatic heterocycles. The summed E-state index contributed by atoms with van der Waals surface area (Å²) in [4.78, 5) is 23.3. The highest BCUT2D eigenvalue weighted by Crippen LogP contribution is 2.18. The molecule has 0 saturated heterocycles. The van der Waals surface area contributed by atoms with Crippen molar-refractivity contribution in [3.63, 3.8) is 0 Å². The number of esters is 1. The summed E-state index contributed by atoms with van der Waals surface area (Å²) >= 11 is 0. The van der Waals surface area contributed by atoms with E-state index in [1.54, 1.807) is 24.3 Å². The number of aryl methyl sites for hydroxylation is 2. The van der Waals surface area contributed by atoms with Crippen LogP contribution in [0.1, 0.15) is 34.0 Å². The number of ether oxygens (including phenoxy) is 1. The minimum absolute atomic E-state index is 0.0272. The molecule has 0 spiro atoms. The molecule has 3 nitrogen and oxygen atoms in total. The Labute approximate surface area is 118 Å². The van der Waals surface area contributed by atoms with Crippen molar-refractivity contribution in [2.24, 2.45) is 0 Å². The van der Waals surface area contributed by atoms with Crippen LogP contribution in [-0.2, 0) is 4.79 Å². The second kappa shape index (κ2) is 5.70. The third-order valence-corrected chi connectivity index (χ3v) is 3.02. The van der Waals surface area contributed by atoms with Crippen LogP contribution in [0.5, 0.6) is 5.75 Å². The molecular formula is C17H16O3. The summed E-state index contributed by atoms with van der Waals surface area (Å²) in [5.74, 6) is 0.0363. The van der Waals surface area contributed by atoms with Gasteiger partial charge in [0.1, 0.15) is 5.75 Å². The zero-order valence-electron chi connectivity index (χ0n) is 11.8. The van der Waals surface area contributed by atoms with Crippen LogP contribution >= 0.6 is 0 Å². The zero-order chi connectivity index (χ0) is 14.7. The molecule has 2 aromatic rings. The van der Waals surface area contributed by atoms with Gasteiger partial charge in [-0.2, -0.15) is 0 Å². The lowest BCUT2D eigenvalue weighted by Crippen LogP contribution is -2.05. The molecule has 0 aliphatic rings. The largest absolute Gasteiger partial charge is 0.427 e. The SMILES string of the molecule is CC(=O)Oc1ccc(C(=O)c2cc(C)ccc2C)cc1. The minimum atomic E-state index is -0.376. The lowest BCUT2D eigenvalue weighted by molar-refractivity contribution is -0.131. The first-order chi connectivity index (χ1) is 9.47. The maximum atomic E-state index is 12.4. The van der Waals surface area contributed by atoms with Crippen LogP contribution in [0.2, 0.25) is 0 Å². The highest BCUT2D eigenvalue weighted by molar-refractivity contribution is 6.10. The Hall–Kier alpha value is -2.42. The molecule has 0 unspecified atom stereocenters. The zero-order valence-corrected chi connectivity index (χ0v) is 11.8. The quantitative estimate of drug-likeness (QED) is 0.486. The van der Waals surface area contributed by atoms with Gasteiger partial charge in [-0.3, -0.25) is 9.59 Å². The van der Waals surface area contributed by atoms with E-state index in [1.807, 2.05) is 32.0 Å². The van der Waals surface area contributed by atoms with E-state index in [-0.39, 0.29) is 11.8 Å². The van der Waals surface area contributed by atoms with Crippen LogP contribution < -0.4 is 4.74 Å². The summed E-state index contributed by atoms with van der Waals surface area (Å²) in [5.41, 5.74) is 3.28. The molecule has 0 aromatic heterocycles. The number of rotatable bonds is 3. The predicted molar refractivity (Wildman–Crippen MR) is 77.1 cm³/mol. The maximum Gasteiger partial charge on any atom is 0.308 e. The standard InChI is InChI=1S/C17H16O3/c1-11-4-5-12(2)16(10-11)17(19)14-6-8-15(9-7-14)20-13(3)18/h4-10H,1-3H3. The van der Waals surface area contributed by atoms with E-state index in [0.717, 1.165) is 11.1 Å².